The quantitative estimate of drug-likeness (QED) is 0.686. The van der Waals surface area contributed by atoms with Crippen LogP contribution in [0.15, 0.2) is 12.3 Å². The lowest BCUT2D eigenvalue weighted by molar-refractivity contribution is 0.0561. The number of aromatic nitrogens is 1. The predicted molar refractivity (Wildman–Crippen MR) is 52.3 cm³/mol. The maximum atomic E-state index is 11.5. The second kappa shape index (κ2) is 3.63. The Morgan fingerprint density at radius 1 is 1.64 bits per heavy atom. The highest BCUT2D eigenvalue weighted by Gasteiger charge is 2.28. The van der Waals surface area contributed by atoms with E-state index in [4.69, 9.17) is 16.7 Å². The first-order chi connectivity index (χ1) is 6.65. The molecule has 0 spiro atoms. The van der Waals surface area contributed by atoms with Crippen molar-refractivity contribution in [3.8, 4) is 0 Å². The van der Waals surface area contributed by atoms with Gasteiger partial charge in [-0.05, 0) is 18.9 Å². The van der Waals surface area contributed by atoms with Gasteiger partial charge in [0.1, 0.15) is 5.69 Å². The molecule has 1 saturated carbocycles. The average molecular weight is 215 g/mol. The minimum absolute atomic E-state index is 0.0968. The van der Waals surface area contributed by atoms with E-state index in [-0.39, 0.29) is 18.1 Å². The Balaban J connectivity index is 1.90. The first-order valence-corrected chi connectivity index (χ1v) is 4.86. The van der Waals surface area contributed by atoms with E-state index in [0.717, 1.165) is 0 Å². The van der Waals surface area contributed by atoms with Crippen LogP contribution in [0.3, 0.4) is 0 Å². The highest BCUT2D eigenvalue weighted by atomic mass is 35.5. The number of carbonyl (C=O) groups excluding carboxylic acids is 1. The Morgan fingerprint density at radius 2 is 2.36 bits per heavy atom. The number of carbonyl (C=O) groups is 1. The lowest BCUT2D eigenvalue weighted by Crippen LogP contribution is -2.46. The van der Waals surface area contributed by atoms with E-state index in [1.807, 2.05) is 0 Å². The summed E-state index contributed by atoms with van der Waals surface area (Å²) in [5.74, 6) is -0.172. The lowest BCUT2D eigenvalue weighted by atomic mass is 9.89. The molecule has 1 aliphatic carbocycles. The van der Waals surface area contributed by atoms with E-state index in [9.17, 15) is 4.79 Å². The van der Waals surface area contributed by atoms with Crippen molar-refractivity contribution in [2.75, 3.05) is 0 Å². The molecule has 0 radical (unpaired) electrons. The van der Waals surface area contributed by atoms with Gasteiger partial charge in [-0.1, -0.05) is 11.6 Å². The summed E-state index contributed by atoms with van der Waals surface area (Å²) in [7, 11) is 0. The Morgan fingerprint density at radius 3 is 2.86 bits per heavy atom. The van der Waals surface area contributed by atoms with Crippen LogP contribution in [0, 0.1) is 0 Å². The molecule has 4 nitrogen and oxygen atoms in total. The van der Waals surface area contributed by atoms with Crippen molar-refractivity contribution in [3.05, 3.63) is 23.0 Å². The van der Waals surface area contributed by atoms with Gasteiger partial charge in [0, 0.05) is 12.2 Å². The Hall–Kier alpha value is -1.00. The molecule has 1 heterocycles. The molecule has 1 aromatic rings. The van der Waals surface area contributed by atoms with Gasteiger partial charge in [-0.15, -0.1) is 0 Å². The minimum Gasteiger partial charge on any atom is -0.393 e. The third-order valence-corrected chi connectivity index (χ3v) is 2.56. The van der Waals surface area contributed by atoms with Gasteiger partial charge in [-0.25, -0.2) is 0 Å². The summed E-state index contributed by atoms with van der Waals surface area (Å²) >= 11 is 5.66. The van der Waals surface area contributed by atoms with E-state index in [1.54, 1.807) is 12.3 Å². The van der Waals surface area contributed by atoms with Crippen LogP contribution in [0.25, 0.3) is 0 Å². The molecule has 0 aliphatic heterocycles. The molecule has 1 aliphatic rings. The second-order valence-corrected chi connectivity index (χ2v) is 3.96. The fourth-order valence-electron chi connectivity index (χ4n) is 1.47. The van der Waals surface area contributed by atoms with Crippen LogP contribution in [0.2, 0.25) is 5.02 Å². The number of hydrogen-bond donors (Lipinski definition) is 3. The third-order valence-electron chi connectivity index (χ3n) is 2.34. The van der Waals surface area contributed by atoms with Crippen molar-refractivity contribution in [2.24, 2.45) is 0 Å². The smallest absolute Gasteiger partial charge is 0.267 e. The number of H-pyrrole nitrogens is 1. The molecule has 0 bridgehead atoms. The standard InChI is InChI=1S/C9H11ClN2O2/c10-5-1-8(11-4-5)9(14)12-6-2-7(13)3-6/h1,4,6-7,11,13H,2-3H2,(H,12,14). The highest BCUT2D eigenvalue weighted by Crippen LogP contribution is 2.20. The molecule has 1 aromatic heterocycles. The van der Waals surface area contributed by atoms with Crippen LogP contribution in [0.4, 0.5) is 0 Å². The van der Waals surface area contributed by atoms with Crippen molar-refractivity contribution >= 4 is 17.5 Å². The molecular formula is C9H11ClN2O2. The number of amides is 1. The Bertz CT molecular complexity index is 344. The minimum atomic E-state index is -0.257. The number of aliphatic hydroxyl groups excluding tert-OH is 1. The van der Waals surface area contributed by atoms with Gasteiger partial charge in [0.15, 0.2) is 0 Å². The van der Waals surface area contributed by atoms with E-state index in [1.165, 1.54) is 0 Å². The molecule has 14 heavy (non-hydrogen) atoms. The predicted octanol–water partition coefficient (Wildman–Crippen LogP) is 0.921. The van der Waals surface area contributed by atoms with Gasteiger partial charge in [-0.3, -0.25) is 4.79 Å². The van der Waals surface area contributed by atoms with E-state index in [0.29, 0.717) is 23.6 Å². The zero-order valence-electron chi connectivity index (χ0n) is 7.46. The first-order valence-electron chi connectivity index (χ1n) is 4.48. The van der Waals surface area contributed by atoms with Crippen LogP contribution in [-0.4, -0.2) is 28.1 Å². The number of halogens is 1. The van der Waals surface area contributed by atoms with Gasteiger partial charge < -0.3 is 15.4 Å². The molecule has 5 heteroatoms. The Kier molecular flexibility index (Phi) is 2.48. The molecule has 0 atom stereocenters. The number of nitrogens with one attached hydrogen (secondary N) is 2. The van der Waals surface area contributed by atoms with Gasteiger partial charge >= 0.3 is 0 Å². The number of rotatable bonds is 2. The van der Waals surface area contributed by atoms with Gasteiger partial charge in [0.2, 0.25) is 0 Å². The fraction of sp³-hybridized carbons (Fsp3) is 0.444. The molecule has 0 unspecified atom stereocenters. The molecular weight excluding hydrogens is 204 g/mol. The maximum absolute atomic E-state index is 11.5. The van der Waals surface area contributed by atoms with Crippen LogP contribution in [0.1, 0.15) is 23.3 Å². The average Bonchev–Trinajstić information content (AvgIpc) is 2.49. The van der Waals surface area contributed by atoms with Gasteiger partial charge in [0.05, 0.1) is 11.1 Å². The van der Waals surface area contributed by atoms with Crippen molar-refractivity contribution in [2.45, 2.75) is 25.0 Å². The van der Waals surface area contributed by atoms with Crippen LogP contribution >= 0.6 is 11.6 Å². The molecule has 2 rings (SSSR count). The van der Waals surface area contributed by atoms with Crippen molar-refractivity contribution in [3.63, 3.8) is 0 Å². The molecule has 3 N–H and O–H groups in total. The summed E-state index contributed by atoms with van der Waals surface area (Å²) in [4.78, 5) is 14.2. The van der Waals surface area contributed by atoms with Crippen LogP contribution < -0.4 is 5.32 Å². The normalized spacial score (nSPS) is 25.6. The van der Waals surface area contributed by atoms with Crippen LogP contribution in [0.5, 0.6) is 0 Å². The molecule has 1 fully saturated rings. The molecule has 0 saturated heterocycles. The summed E-state index contributed by atoms with van der Waals surface area (Å²) < 4.78 is 0. The summed E-state index contributed by atoms with van der Waals surface area (Å²) in [6, 6.07) is 1.67. The SMILES string of the molecule is O=C(NC1CC(O)C1)c1cc(Cl)c[nH]1. The van der Waals surface area contributed by atoms with Gasteiger partial charge in [0.25, 0.3) is 5.91 Å². The van der Waals surface area contributed by atoms with E-state index >= 15 is 0 Å². The van der Waals surface area contributed by atoms with Gasteiger partial charge in [-0.2, -0.15) is 0 Å². The zero-order chi connectivity index (χ0) is 10.1. The largest absolute Gasteiger partial charge is 0.393 e. The van der Waals surface area contributed by atoms with E-state index < -0.39 is 0 Å². The summed E-state index contributed by atoms with van der Waals surface area (Å²) in [6.45, 7) is 0. The number of hydrogen-bond acceptors (Lipinski definition) is 2. The molecule has 76 valence electrons. The molecule has 1 amide bonds. The van der Waals surface area contributed by atoms with Crippen molar-refractivity contribution < 1.29 is 9.90 Å². The zero-order valence-corrected chi connectivity index (χ0v) is 8.21. The third kappa shape index (κ3) is 1.91. The number of aliphatic hydroxyl groups is 1. The topological polar surface area (TPSA) is 65.1 Å². The summed E-state index contributed by atoms with van der Waals surface area (Å²) in [5, 5.41) is 12.3. The summed E-state index contributed by atoms with van der Waals surface area (Å²) in [6.07, 6.45) is 2.58. The first kappa shape index (κ1) is 9.55. The molecule has 0 aromatic carbocycles. The van der Waals surface area contributed by atoms with Crippen molar-refractivity contribution in [1.29, 1.82) is 0 Å². The fourth-order valence-corrected chi connectivity index (χ4v) is 1.63. The summed E-state index contributed by atoms with van der Waals surface area (Å²) in [5.41, 5.74) is 0.455. The number of aromatic amines is 1. The Labute approximate surface area is 86.3 Å². The monoisotopic (exact) mass is 214 g/mol. The lowest BCUT2D eigenvalue weighted by Gasteiger charge is -2.31. The highest BCUT2D eigenvalue weighted by molar-refractivity contribution is 6.30. The van der Waals surface area contributed by atoms with Crippen LogP contribution in [-0.2, 0) is 0 Å². The maximum Gasteiger partial charge on any atom is 0.267 e. The van der Waals surface area contributed by atoms with Crippen molar-refractivity contribution in [1.82, 2.24) is 10.3 Å². The second-order valence-electron chi connectivity index (χ2n) is 3.53. The van der Waals surface area contributed by atoms with E-state index in [2.05, 4.69) is 10.3 Å².